The summed E-state index contributed by atoms with van der Waals surface area (Å²) < 4.78 is 11.2. The highest BCUT2D eigenvalue weighted by molar-refractivity contribution is 5.97. The molecule has 0 unspecified atom stereocenters. The van der Waals surface area contributed by atoms with Crippen LogP contribution < -0.4 is 10.7 Å². The van der Waals surface area contributed by atoms with Gasteiger partial charge in [0.25, 0.3) is 0 Å². The van der Waals surface area contributed by atoms with Crippen LogP contribution in [0.1, 0.15) is 13.8 Å². The van der Waals surface area contributed by atoms with Crippen molar-refractivity contribution in [1.82, 2.24) is 4.57 Å². The van der Waals surface area contributed by atoms with Crippen LogP contribution in [0, 0.1) is 0 Å². The number of aromatic hydroxyl groups is 2. The standard InChI is InChI=1S/C21H20N2O7/c1-3-29-20(27)22-14-10-19(26)18(25)9-13(14)16-11-17(24)12-7-5-6-8-15(12)23(16)21(28)30-4-2/h5-11,25-26H,3-4H2,1-2H3,(H,22,27). The van der Waals surface area contributed by atoms with Gasteiger partial charge in [0.2, 0.25) is 0 Å². The van der Waals surface area contributed by atoms with Gasteiger partial charge in [0.05, 0.1) is 30.1 Å². The number of anilines is 1. The lowest BCUT2D eigenvalue weighted by Gasteiger charge is -2.18. The van der Waals surface area contributed by atoms with Crippen molar-refractivity contribution in [3.8, 4) is 22.8 Å². The molecule has 0 aliphatic carbocycles. The lowest BCUT2D eigenvalue weighted by atomic mass is 10.0. The van der Waals surface area contributed by atoms with Crippen LogP contribution in [0.25, 0.3) is 22.2 Å². The predicted molar refractivity (Wildman–Crippen MR) is 110 cm³/mol. The summed E-state index contributed by atoms with van der Waals surface area (Å²) in [6.45, 7) is 3.46. The molecule has 9 heteroatoms. The van der Waals surface area contributed by atoms with Gasteiger partial charge in [0.1, 0.15) is 0 Å². The third-order valence-electron chi connectivity index (χ3n) is 4.27. The number of amides is 1. The molecule has 0 bridgehead atoms. The number of hydrogen-bond acceptors (Lipinski definition) is 7. The van der Waals surface area contributed by atoms with E-state index in [9.17, 15) is 24.6 Å². The predicted octanol–water partition coefficient (Wildman–Crippen LogP) is 3.65. The van der Waals surface area contributed by atoms with Gasteiger partial charge in [-0.15, -0.1) is 0 Å². The van der Waals surface area contributed by atoms with Gasteiger partial charge in [0.15, 0.2) is 16.9 Å². The average molecular weight is 412 g/mol. The summed E-state index contributed by atoms with van der Waals surface area (Å²) >= 11 is 0. The van der Waals surface area contributed by atoms with Crippen molar-refractivity contribution >= 4 is 28.8 Å². The molecule has 2 aromatic carbocycles. The number of pyridine rings is 1. The van der Waals surface area contributed by atoms with Crippen molar-refractivity contribution in [3.63, 3.8) is 0 Å². The van der Waals surface area contributed by atoms with E-state index in [1.807, 2.05) is 0 Å². The molecule has 1 heterocycles. The van der Waals surface area contributed by atoms with Crippen LogP contribution in [-0.4, -0.2) is 40.2 Å². The largest absolute Gasteiger partial charge is 0.504 e. The van der Waals surface area contributed by atoms with Gasteiger partial charge >= 0.3 is 12.2 Å². The van der Waals surface area contributed by atoms with Gasteiger partial charge < -0.3 is 19.7 Å². The summed E-state index contributed by atoms with van der Waals surface area (Å²) in [5, 5.41) is 22.7. The molecule has 0 atom stereocenters. The molecule has 3 N–H and O–H groups in total. The minimum Gasteiger partial charge on any atom is -0.504 e. The first kappa shape index (κ1) is 20.7. The molecule has 0 aliphatic heterocycles. The Balaban J connectivity index is 2.34. The van der Waals surface area contributed by atoms with Crippen molar-refractivity contribution in [2.75, 3.05) is 18.5 Å². The van der Waals surface area contributed by atoms with Crippen LogP contribution in [0.5, 0.6) is 11.5 Å². The van der Waals surface area contributed by atoms with Gasteiger partial charge in [-0.2, -0.15) is 0 Å². The summed E-state index contributed by atoms with van der Waals surface area (Å²) in [6, 6.07) is 9.90. The SMILES string of the molecule is CCOC(=O)Nc1cc(O)c(O)cc1-c1cc(=O)c2ccccc2n1C(=O)OCC. The topological polar surface area (TPSA) is 127 Å². The number of ether oxygens (including phenoxy) is 2. The van der Waals surface area contributed by atoms with E-state index in [1.54, 1.807) is 38.1 Å². The highest BCUT2D eigenvalue weighted by Gasteiger charge is 2.22. The molecule has 0 saturated carbocycles. The molecule has 9 nitrogen and oxygen atoms in total. The molecular weight excluding hydrogens is 392 g/mol. The second kappa shape index (κ2) is 8.56. The van der Waals surface area contributed by atoms with Gasteiger partial charge in [-0.25, -0.2) is 14.2 Å². The number of fused-ring (bicyclic) bond motifs is 1. The van der Waals surface area contributed by atoms with Gasteiger partial charge in [0, 0.05) is 23.1 Å². The molecule has 1 aromatic heterocycles. The zero-order valence-corrected chi connectivity index (χ0v) is 16.3. The number of phenols is 2. The summed E-state index contributed by atoms with van der Waals surface area (Å²) in [5.41, 5.74) is 0.0916. The van der Waals surface area contributed by atoms with Crippen LogP contribution in [-0.2, 0) is 9.47 Å². The molecule has 3 rings (SSSR count). The Morgan fingerprint density at radius 3 is 2.37 bits per heavy atom. The third kappa shape index (κ3) is 3.90. The smallest absolute Gasteiger partial charge is 0.418 e. The quantitative estimate of drug-likeness (QED) is 0.441. The number of benzene rings is 2. The Morgan fingerprint density at radius 1 is 1.00 bits per heavy atom. The third-order valence-corrected chi connectivity index (χ3v) is 4.27. The van der Waals surface area contributed by atoms with E-state index in [-0.39, 0.29) is 46.5 Å². The minimum absolute atomic E-state index is 0.0245. The highest BCUT2D eigenvalue weighted by atomic mass is 16.6. The number of nitrogens with zero attached hydrogens (tertiary/aromatic N) is 1. The molecule has 1 amide bonds. The zero-order chi connectivity index (χ0) is 21.8. The molecule has 30 heavy (non-hydrogen) atoms. The van der Waals surface area contributed by atoms with Crippen molar-refractivity contribution in [2.45, 2.75) is 13.8 Å². The monoisotopic (exact) mass is 412 g/mol. The van der Waals surface area contributed by atoms with Crippen LogP contribution in [0.4, 0.5) is 15.3 Å². The van der Waals surface area contributed by atoms with E-state index in [4.69, 9.17) is 9.47 Å². The molecule has 0 radical (unpaired) electrons. The number of hydrogen-bond donors (Lipinski definition) is 3. The Kier molecular flexibility index (Phi) is 5.91. The summed E-state index contributed by atoms with van der Waals surface area (Å²) in [7, 11) is 0. The number of carbonyl (C=O) groups excluding carboxylic acids is 2. The zero-order valence-electron chi connectivity index (χ0n) is 16.3. The Hall–Kier alpha value is -4.01. The number of aromatic nitrogens is 1. The maximum atomic E-state index is 12.8. The van der Waals surface area contributed by atoms with E-state index < -0.39 is 23.7 Å². The van der Waals surface area contributed by atoms with E-state index in [0.717, 1.165) is 12.1 Å². The summed E-state index contributed by atoms with van der Waals surface area (Å²) in [5.74, 6) is -1.01. The molecule has 0 saturated heterocycles. The first-order valence-corrected chi connectivity index (χ1v) is 9.19. The number of rotatable bonds is 4. The molecular formula is C21H20N2O7. The van der Waals surface area contributed by atoms with Crippen molar-refractivity contribution in [3.05, 3.63) is 52.7 Å². The first-order chi connectivity index (χ1) is 14.4. The average Bonchev–Trinajstić information content (AvgIpc) is 2.71. The number of para-hydroxylation sites is 1. The fraction of sp³-hybridized carbons (Fsp3) is 0.190. The lowest BCUT2D eigenvalue weighted by molar-refractivity contribution is 0.155. The van der Waals surface area contributed by atoms with E-state index in [1.165, 1.54) is 10.6 Å². The summed E-state index contributed by atoms with van der Waals surface area (Å²) in [4.78, 5) is 37.4. The lowest BCUT2D eigenvalue weighted by Crippen LogP contribution is -2.21. The van der Waals surface area contributed by atoms with Crippen molar-refractivity contribution in [1.29, 1.82) is 0 Å². The maximum Gasteiger partial charge on any atom is 0.418 e. The van der Waals surface area contributed by atoms with E-state index >= 15 is 0 Å². The van der Waals surface area contributed by atoms with Crippen molar-refractivity contribution < 1.29 is 29.3 Å². The fourth-order valence-electron chi connectivity index (χ4n) is 3.03. The van der Waals surface area contributed by atoms with Crippen LogP contribution >= 0.6 is 0 Å². The Labute approximate surface area is 171 Å². The fourth-order valence-corrected chi connectivity index (χ4v) is 3.03. The molecule has 0 spiro atoms. The second-order valence-corrected chi connectivity index (χ2v) is 6.18. The van der Waals surface area contributed by atoms with Crippen LogP contribution in [0.2, 0.25) is 0 Å². The van der Waals surface area contributed by atoms with Gasteiger partial charge in [-0.3, -0.25) is 10.1 Å². The minimum atomic E-state index is -0.810. The second-order valence-electron chi connectivity index (χ2n) is 6.18. The molecule has 0 fully saturated rings. The number of phenolic OH excluding ortho intramolecular Hbond substituents is 2. The highest BCUT2D eigenvalue weighted by Crippen LogP contribution is 2.38. The maximum absolute atomic E-state index is 12.8. The van der Waals surface area contributed by atoms with Crippen molar-refractivity contribution in [2.24, 2.45) is 0 Å². The molecule has 156 valence electrons. The first-order valence-electron chi connectivity index (χ1n) is 9.19. The van der Waals surface area contributed by atoms with Gasteiger partial charge in [-0.1, -0.05) is 12.1 Å². The van der Waals surface area contributed by atoms with E-state index in [2.05, 4.69) is 5.32 Å². The Morgan fingerprint density at radius 2 is 1.67 bits per heavy atom. The van der Waals surface area contributed by atoms with Crippen LogP contribution in [0.3, 0.4) is 0 Å². The Bertz CT molecular complexity index is 1180. The van der Waals surface area contributed by atoms with E-state index in [0.29, 0.717) is 0 Å². The molecule has 3 aromatic rings. The summed E-state index contributed by atoms with van der Waals surface area (Å²) in [6.07, 6.45) is -1.56. The number of carbonyl (C=O) groups is 2. The molecule has 0 aliphatic rings. The van der Waals surface area contributed by atoms with Gasteiger partial charge in [-0.05, 0) is 32.0 Å². The van der Waals surface area contributed by atoms with Crippen LogP contribution in [0.15, 0.2) is 47.3 Å². The normalized spacial score (nSPS) is 10.6. The number of nitrogens with one attached hydrogen (secondary N) is 1.